The van der Waals surface area contributed by atoms with Crippen LogP contribution in [-0.4, -0.2) is 41.3 Å². The molecule has 0 aromatic carbocycles. The molecule has 3 N–H and O–H groups in total. The lowest BCUT2D eigenvalue weighted by atomic mass is 9.93. The highest BCUT2D eigenvalue weighted by Gasteiger charge is 2.34. The fraction of sp³-hybridized carbons (Fsp3) is 0.800. The van der Waals surface area contributed by atoms with E-state index in [2.05, 4.69) is 0 Å². The monoisotopic (exact) mass is 232 g/mol. The second-order valence-corrected chi connectivity index (χ2v) is 4.11. The third-order valence-electron chi connectivity index (χ3n) is 2.66. The van der Waals surface area contributed by atoms with Crippen LogP contribution in [0.3, 0.4) is 0 Å². The van der Waals surface area contributed by atoms with Crippen LogP contribution in [0.1, 0.15) is 26.2 Å². The van der Waals surface area contributed by atoms with Crippen LogP contribution >= 0.6 is 0 Å². The number of carboxylic acid groups (broad SMARTS) is 1. The molecule has 0 spiro atoms. The van der Waals surface area contributed by atoms with Gasteiger partial charge in [-0.1, -0.05) is 0 Å². The zero-order valence-corrected chi connectivity index (χ0v) is 9.06. The molecule has 1 aliphatic rings. The van der Waals surface area contributed by atoms with Crippen LogP contribution in [0.2, 0.25) is 0 Å². The molecule has 1 aliphatic carbocycles. The predicted octanol–water partition coefficient (Wildman–Crippen LogP) is 0.263. The summed E-state index contributed by atoms with van der Waals surface area (Å²) in [5.74, 6) is -1.45. The van der Waals surface area contributed by atoms with Gasteiger partial charge in [-0.05, 0) is 6.92 Å². The minimum atomic E-state index is -1.17. The molecule has 1 saturated carbocycles. The first-order valence-corrected chi connectivity index (χ1v) is 5.18. The zero-order chi connectivity index (χ0) is 12.3. The Morgan fingerprint density at radius 2 is 2.12 bits per heavy atom. The largest absolute Gasteiger partial charge is 0.479 e. The molecule has 92 valence electrons. The van der Waals surface area contributed by atoms with Crippen LogP contribution in [0.25, 0.3) is 0 Å². The van der Waals surface area contributed by atoms with Crippen molar-refractivity contribution in [1.29, 1.82) is 0 Å². The van der Waals surface area contributed by atoms with Crippen LogP contribution in [0, 0.1) is 0 Å². The molecule has 1 fully saturated rings. The van der Waals surface area contributed by atoms with Crippen LogP contribution in [0.15, 0.2) is 0 Å². The molecule has 0 aromatic heterocycles. The molecule has 0 amide bonds. The number of ether oxygens (including phenoxy) is 1. The lowest BCUT2D eigenvalue weighted by Crippen LogP contribution is -2.42. The van der Waals surface area contributed by atoms with E-state index in [0.29, 0.717) is 0 Å². The summed E-state index contributed by atoms with van der Waals surface area (Å²) >= 11 is 0. The van der Waals surface area contributed by atoms with Gasteiger partial charge in [-0.2, -0.15) is 0 Å². The first kappa shape index (κ1) is 13.1. The summed E-state index contributed by atoms with van der Waals surface area (Å²) in [6, 6.07) is -0.845. The SMILES string of the molecule is CC(=O)C(N)CC(OC1CC([18F])C1)C(=O)O. The van der Waals surface area contributed by atoms with E-state index in [4.69, 9.17) is 15.6 Å². The number of hydrogen-bond donors (Lipinski definition) is 2. The Kier molecular flexibility index (Phi) is 4.37. The third kappa shape index (κ3) is 3.53. The van der Waals surface area contributed by atoms with Crippen molar-refractivity contribution in [2.24, 2.45) is 5.73 Å². The van der Waals surface area contributed by atoms with E-state index in [1.165, 1.54) is 6.92 Å². The van der Waals surface area contributed by atoms with Gasteiger partial charge in [0.2, 0.25) is 0 Å². The van der Waals surface area contributed by atoms with Crippen molar-refractivity contribution < 1.29 is 23.8 Å². The number of nitrogens with two attached hydrogens (primary N) is 1. The number of hydrogen-bond acceptors (Lipinski definition) is 4. The van der Waals surface area contributed by atoms with Gasteiger partial charge in [0.05, 0.1) is 12.1 Å². The van der Waals surface area contributed by atoms with Crippen molar-refractivity contribution in [2.45, 2.75) is 50.6 Å². The molecule has 0 aliphatic heterocycles. The average molecular weight is 232 g/mol. The molecule has 5 nitrogen and oxygen atoms in total. The van der Waals surface area contributed by atoms with Gasteiger partial charge in [-0.15, -0.1) is 0 Å². The minimum Gasteiger partial charge on any atom is -0.479 e. The first-order chi connectivity index (χ1) is 7.40. The van der Waals surface area contributed by atoms with Crippen LogP contribution < -0.4 is 5.73 Å². The number of halogens is 1. The number of aliphatic carboxylic acids is 1. The number of alkyl halides is 1. The maximum absolute atomic E-state index is 12.5. The maximum atomic E-state index is 12.5. The number of rotatable bonds is 6. The van der Waals surface area contributed by atoms with Crippen molar-refractivity contribution in [3.63, 3.8) is 0 Å². The van der Waals surface area contributed by atoms with Crippen molar-refractivity contribution in [3.05, 3.63) is 0 Å². The minimum absolute atomic E-state index is 0.0713. The van der Waals surface area contributed by atoms with E-state index in [0.717, 1.165) is 0 Å². The highest BCUT2D eigenvalue weighted by Crippen LogP contribution is 2.27. The Morgan fingerprint density at radius 3 is 2.50 bits per heavy atom. The standard InChI is InChI=1S/C10H16FNO4/c1-5(13)8(12)4-9(10(14)15)16-7-2-6(11)3-7/h6-9H,2-4,12H2,1H3,(H,14,15)/i11-1. The molecule has 16 heavy (non-hydrogen) atoms. The highest BCUT2D eigenvalue weighted by atomic mass is 18.2. The summed E-state index contributed by atoms with van der Waals surface area (Å²) in [5.41, 5.74) is 5.45. The van der Waals surface area contributed by atoms with Gasteiger partial charge >= 0.3 is 5.97 Å². The van der Waals surface area contributed by atoms with Gasteiger partial charge < -0.3 is 15.6 Å². The van der Waals surface area contributed by atoms with Gasteiger partial charge in [0.25, 0.3) is 0 Å². The molecule has 0 aromatic rings. The summed E-state index contributed by atoms with van der Waals surface area (Å²) in [4.78, 5) is 21.7. The van der Waals surface area contributed by atoms with Gasteiger partial charge in [0.1, 0.15) is 12.0 Å². The molecule has 0 bridgehead atoms. The zero-order valence-electron chi connectivity index (χ0n) is 9.06. The van der Waals surface area contributed by atoms with Crippen LogP contribution in [-0.2, 0) is 14.3 Å². The lowest BCUT2D eigenvalue weighted by molar-refractivity contribution is -0.162. The lowest BCUT2D eigenvalue weighted by Gasteiger charge is -2.32. The molecule has 6 heteroatoms. The predicted molar refractivity (Wildman–Crippen MR) is 53.7 cm³/mol. The maximum Gasteiger partial charge on any atom is 0.332 e. The Hall–Kier alpha value is -1.01. The highest BCUT2D eigenvalue weighted by molar-refractivity contribution is 5.82. The summed E-state index contributed by atoms with van der Waals surface area (Å²) in [7, 11) is 0. The first-order valence-electron chi connectivity index (χ1n) is 5.18. The summed E-state index contributed by atoms with van der Waals surface area (Å²) in [6.07, 6.45) is -2.02. The molecule has 1 rings (SSSR count). The van der Waals surface area contributed by atoms with Crippen LogP contribution in [0.5, 0.6) is 0 Å². The molecule has 0 heterocycles. The summed E-state index contributed by atoms with van der Waals surface area (Å²) in [5, 5.41) is 8.85. The van der Waals surface area contributed by atoms with Crippen LogP contribution in [0.4, 0.5) is 4.39 Å². The van der Waals surface area contributed by atoms with Crippen molar-refractivity contribution in [2.75, 3.05) is 0 Å². The normalized spacial score (nSPS) is 27.9. The fourth-order valence-electron chi connectivity index (χ4n) is 1.46. The second-order valence-electron chi connectivity index (χ2n) is 4.11. The van der Waals surface area contributed by atoms with E-state index in [9.17, 15) is 14.0 Å². The van der Waals surface area contributed by atoms with E-state index in [-0.39, 0.29) is 31.1 Å². The van der Waals surface area contributed by atoms with Crippen molar-refractivity contribution in [3.8, 4) is 0 Å². The topological polar surface area (TPSA) is 89.6 Å². The van der Waals surface area contributed by atoms with E-state index in [1.54, 1.807) is 0 Å². The smallest absolute Gasteiger partial charge is 0.332 e. The van der Waals surface area contributed by atoms with Crippen molar-refractivity contribution in [1.82, 2.24) is 0 Å². The number of carboxylic acids is 1. The number of carbonyl (C=O) groups excluding carboxylic acids is 1. The number of ketones is 1. The summed E-state index contributed by atoms with van der Waals surface area (Å²) < 4.78 is 17.7. The average Bonchev–Trinajstić information content (AvgIpc) is 2.13. The third-order valence-corrected chi connectivity index (χ3v) is 2.66. The van der Waals surface area contributed by atoms with Gasteiger partial charge in [-0.25, -0.2) is 9.18 Å². The molecular weight excluding hydrogens is 216 g/mol. The van der Waals surface area contributed by atoms with Gasteiger partial charge in [0.15, 0.2) is 6.10 Å². The van der Waals surface area contributed by atoms with E-state index >= 15 is 0 Å². The van der Waals surface area contributed by atoms with E-state index < -0.39 is 24.3 Å². The van der Waals surface area contributed by atoms with Crippen molar-refractivity contribution >= 4 is 11.8 Å². The van der Waals surface area contributed by atoms with E-state index in [1.807, 2.05) is 0 Å². The van der Waals surface area contributed by atoms with Gasteiger partial charge in [-0.3, -0.25) is 4.79 Å². The molecule has 0 saturated heterocycles. The molecular formula is C10H16FNO4. The Balaban J connectivity index is 2.42. The Labute approximate surface area is 92.8 Å². The molecule has 0 radical (unpaired) electrons. The Bertz CT molecular complexity index is 278. The fourth-order valence-corrected chi connectivity index (χ4v) is 1.46. The number of Topliss-reactive ketones (excluding diaryl/α,β-unsaturated/α-hetero) is 1. The quantitative estimate of drug-likeness (QED) is 0.685. The second kappa shape index (κ2) is 5.36. The van der Waals surface area contributed by atoms with Gasteiger partial charge in [0, 0.05) is 19.3 Å². The molecule has 2 unspecified atom stereocenters. The molecule has 2 atom stereocenters. The summed E-state index contributed by atoms with van der Waals surface area (Å²) in [6.45, 7) is 1.30. The number of carbonyl (C=O) groups is 2. The Morgan fingerprint density at radius 1 is 1.56 bits per heavy atom.